The number of hydrogen-bond acceptors (Lipinski definition) is 6. The summed E-state index contributed by atoms with van der Waals surface area (Å²) in [7, 11) is 0. The molecular weight excluding hydrogens is 346 g/mol. The maximum atomic E-state index is 12.7. The number of nitrogens with one attached hydrogen (secondary N) is 1. The van der Waals surface area contributed by atoms with Crippen molar-refractivity contribution in [1.29, 1.82) is 0 Å². The molecule has 1 aromatic rings. The minimum atomic E-state index is 0.0423. The van der Waals surface area contributed by atoms with Gasteiger partial charge in [-0.3, -0.25) is 15.0 Å². The average molecular weight is 376 g/mol. The zero-order valence-corrected chi connectivity index (χ0v) is 16.2. The van der Waals surface area contributed by atoms with Crippen LogP contribution in [0, 0.1) is 5.92 Å². The monoisotopic (exact) mass is 375 g/mol. The first-order valence-electron chi connectivity index (χ1n) is 9.78. The first-order valence-corrected chi connectivity index (χ1v) is 10.9. The van der Waals surface area contributed by atoms with Crippen LogP contribution in [0.1, 0.15) is 12.8 Å². The highest BCUT2D eigenvalue weighted by molar-refractivity contribution is 7.99. The molecule has 142 valence electrons. The normalized spacial score (nSPS) is 27.7. The van der Waals surface area contributed by atoms with Gasteiger partial charge in [-0.1, -0.05) is 6.07 Å². The summed E-state index contributed by atoms with van der Waals surface area (Å²) in [5.74, 6) is 3.86. The third kappa shape index (κ3) is 4.32. The minimum Gasteiger partial charge on any atom is -0.354 e. The largest absolute Gasteiger partial charge is 0.354 e. The molecule has 3 saturated heterocycles. The molecule has 1 aromatic heterocycles. The quantitative estimate of drug-likeness (QED) is 0.851. The summed E-state index contributed by atoms with van der Waals surface area (Å²) in [6, 6.07) is 6.16. The molecular formula is C19H29N5OS. The van der Waals surface area contributed by atoms with Crippen molar-refractivity contribution >= 4 is 23.5 Å². The SMILES string of the molecule is O=C([C@H]1CSCN1)N1CCC[C@H](CN2CCN(c3ccccn3)CC2)C1. The van der Waals surface area contributed by atoms with E-state index < -0.39 is 0 Å². The van der Waals surface area contributed by atoms with Crippen LogP contribution in [-0.2, 0) is 4.79 Å². The van der Waals surface area contributed by atoms with Crippen molar-refractivity contribution in [3.05, 3.63) is 24.4 Å². The number of thioether (sulfide) groups is 1. The Labute approximate surface area is 160 Å². The highest BCUT2D eigenvalue weighted by Crippen LogP contribution is 2.21. The zero-order valence-electron chi connectivity index (χ0n) is 15.3. The molecule has 0 aliphatic carbocycles. The fourth-order valence-electron chi connectivity index (χ4n) is 4.25. The van der Waals surface area contributed by atoms with Crippen molar-refractivity contribution in [2.75, 3.05) is 62.3 Å². The van der Waals surface area contributed by atoms with Gasteiger partial charge in [0.25, 0.3) is 0 Å². The number of amides is 1. The van der Waals surface area contributed by atoms with Crippen molar-refractivity contribution in [3.63, 3.8) is 0 Å². The first kappa shape index (κ1) is 18.1. The Bertz CT molecular complexity index is 587. The Morgan fingerprint density at radius 2 is 2.12 bits per heavy atom. The number of anilines is 1. The second kappa shape index (κ2) is 8.59. The summed E-state index contributed by atoms with van der Waals surface area (Å²) in [6.45, 7) is 7.23. The van der Waals surface area contributed by atoms with E-state index in [9.17, 15) is 4.79 Å². The molecule has 3 fully saturated rings. The fourth-order valence-corrected chi connectivity index (χ4v) is 5.19. The van der Waals surface area contributed by atoms with Gasteiger partial charge in [0.05, 0.1) is 6.04 Å². The molecule has 4 heterocycles. The molecule has 0 aromatic carbocycles. The van der Waals surface area contributed by atoms with Crippen molar-refractivity contribution in [2.45, 2.75) is 18.9 Å². The highest BCUT2D eigenvalue weighted by Gasteiger charge is 2.31. The summed E-state index contributed by atoms with van der Waals surface area (Å²) in [5, 5.41) is 3.32. The lowest BCUT2D eigenvalue weighted by atomic mass is 9.96. The predicted molar refractivity (Wildman–Crippen MR) is 106 cm³/mol. The van der Waals surface area contributed by atoms with Crippen LogP contribution in [0.25, 0.3) is 0 Å². The van der Waals surface area contributed by atoms with Gasteiger partial charge in [-0.05, 0) is 30.9 Å². The lowest BCUT2D eigenvalue weighted by molar-refractivity contribution is -0.134. The topological polar surface area (TPSA) is 51.7 Å². The molecule has 1 amide bonds. The average Bonchev–Trinajstić information content (AvgIpc) is 3.24. The van der Waals surface area contributed by atoms with Crippen LogP contribution in [0.3, 0.4) is 0 Å². The van der Waals surface area contributed by atoms with Crippen molar-refractivity contribution in [1.82, 2.24) is 20.1 Å². The minimum absolute atomic E-state index is 0.0423. The number of carbonyl (C=O) groups excluding carboxylic acids is 1. The molecule has 0 radical (unpaired) electrons. The molecule has 2 atom stereocenters. The molecule has 7 heteroatoms. The first-order chi connectivity index (χ1) is 12.8. The number of piperazine rings is 1. The summed E-state index contributed by atoms with van der Waals surface area (Å²) in [5.41, 5.74) is 0. The molecule has 1 N–H and O–H groups in total. The van der Waals surface area contributed by atoms with Gasteiger partial charge >= 0.3 is 0 Å². The van der Waals surface area contributed by atoms with E-state index in [1.807, 2.05) is 24.0 Å². The zero-order chi connectivity index (χ0) is 17.8. The van der Waals surface area contributed by atoms with E-state index in [-0.39, 0.29) is 6.04 Å². The molecule has 0 saturated carbocycles. The maximum Gasteiger partial charge on any atom is 0.240 e. The molecule has 0 bridgehead atoms. The van der Waals surface area contributed by atoms with E-state index in [2.05, 4.69) is 37.1 Å². The third-order valence-corrected chi connectivity index (χ3v) is 6.65. The number of nitrogens with zero attached hydrogens (tertiary/aromatic N) is 4. The van der Waals surface area contributed by atoms with Crippen LogP contribution in [0.4, 0.5) is 5.82 Å². The number of rotatable bonds is 4. The van der Waals surface area contributed by atoms with E-state index in [0.717, 1.165) is 69.7 Å². The Morgan fingerprint density at radius 1 is 1.23 bits per heavy atom. The summed E-state index contributed by atoms with van der Waals surface area (Å²) in [6.07, 6.45) is 4.26. The molecule has 4 rings (SSSR count). The summed E-state index contributed by atoms with van der Waals surface area (Å²) >= 11 is 1.83. The van der Waals surface area contributed by atoms with E-state index in [4.69, 9.17) is 0 Å². The van der Waals surface area contributed by atoms with E-state index >= 15 is 0 Å². The van der Waals surface area contributed by atoms with Crippen LogP contribution in [0.5, 0.6) is 0 Å². The van der Waals surface area contributed by atoms with Crippen LogP contribution < -0.4 is 10.2 Å². The third-order valence-electron chi connectivity index (χ3n) is 5.71. The summed E-state index contributed by atoms with van der Waals surface area (Å²) in [4.78, 5) is 24.2. The number of aromatic nitrogens is 1. The van der Waals surface area contributed by atoms with Gasteiger partial charge in [0, 0.05) is 63.6 Å². The van der Waals surface area contributed by atoms with Gasteiger partial charge in [-0.15, -0.1) is 11.8 Å². The van der Waals surface area contributed by atoms with Gasteiger partial charge in [-0.25, -0.2) is 4.98 Å². The molecule has 0 unspecified atom stereocenters. The molecule has 3 aliphatic heterocycles. The number of hydrogen-bond donors (Lipinski definition) is 1. The van der Waals surface area contributed by atoms with Crippen LogP contribution in [0.2, 0.25) is 0 Å². The Hall–Kier alpha value is -1.31. The van der Waals surface area contributed by atoms with Gasteiger partial charge in [0.15, 0.2) is 0 Å². The van der Waals surface area contributed by atoms with Crippen LogP contribution in [-0.4, -0.2) is 84.2 Å². The van der Waals surface area contributed by atoms with Crippen molar-refractivity contribution < 1.29 is 4.79 Å². The Morgan fingerprint density at radius 3 is 2.85 bits per heavy atom. The van der Waals surface area contributed by atoms with Crippen LogP contribution in [0.15, 0.2) is 24.4 Å². The number of carbonyl (C=O) groups is 1. The smallest absolute Gasteiger partial charge is 0.240 e. The van der Waals surface area contributed by atoms with E-state index in [1.165, 1.54) is 6.42 Å². The standard InChI is InChI=1S/C19H29N5OS/c25-19(17-14-26-15-21-17)24-7-3-4-16(13-24)12-22-8-10-23(11-9-22)18-5-1-2-6-20-18/h1-2,5-6,16-17,21H,3-4,7-15H2/t16-,17-/m1/s1. The predicted octanol–water partition coefficient (Wildman–Crippen LogP) is 1.10. The number of pyridine rings is 1. The molecule has 3 aliphatic rings. The lowest BCUT2D eigenvalue weighted by Crippen LogP contribution is -2.52. The van der Waals surface area contributed by atoms with Crippen LogP contribution >= 0.6 is 11.8 Å². The second-order valence-corrected chi connectivity index (χ2v) is 8.57. The number of piperidine rings is 1. The van der Waals surface area contributed by atoms with Gasteiger partial charge in [0.1, 0.15) is 5.82 Å². The van der Waals surface area contributed by atoms with E-state index in [1.54, 1.807) is 0 Å². The fraction of sp³-hybridized carbons (Fsp3) is 0.684. The Balaban J connectivity index is 1.25. The highest BCUT2D eigenvalue weighted by atomic mass is 32.2. The van der Waals surface area contributed by atoms with E-state index in [0.29, 0.717) is 11.8 Å². The van der Waals surface area contributed by atoms with Crippen molar-refractivity contribution in [3.8, 4) is 0 Å². The van der Waals surface area contributed by atoms with Gasteiger partial charge < -0.3 is 9.80 Å². The summed E-state index contributed by atoms with van der Waals surface area (Å²) < 4.78 is 0. The van der Waals surface area contributed by atoms with Crippen molar-refractivity contribution in [2.24, 2.45) is 5.92 Å². The Kier molecular flexibility index (Phi) is 5.97. The molecule has 0 spiro atoms. The lowest BCUT2D eigenvalue weighted by Gasteiger charge is -2.40. The van der Waals surface area contributed by atoms with Gasteiger partial charge in [0.2, 0.25) is 5.91 Å². The number of likely N-dealkylation sites (tertiary alicyclic amines) is 1. The molecule has 26 heavy (non-hydrogen) atoms. The second-order valence-electron chi connectivity index (χ2n) is 7.54. The van der Waals surface area contributed by atoms with Gasteiger partial charge in [-0.2, -0.15) is 0 Å². The molecule has 6 nitrogen and oxygen atoms in total. The maximum absolute atomic E-state index is 12.7.